The molecule has 3 amide bonds. The third-order valence-electron chi connectivity index (χ3n) is 8.56. The van der Waals surface area contributed by atoms with E-state index in [0.29, 0.717) is 38.8 Å². The highest BCUT2D eigenvalue weighted by Crippen LogP contribution is 2.45. The lowest BCUT2D eigenvalue weighted by molar-refractivity contribution is 0.00137. The fourth-order valence-corrected chi connectivity index (χ4v) is 6.48. The molecule has 0 radical (unpaired) electrons. The molecule has 9 nitrogen and oxygen atoms in total. The highest BCUT2D eigenvalue weighted by Gasteiger charge is 2.48. The van der Waals surface area contributed by atoms with Crippen molar-refractivity contribution in [3.8, 4) is 5.75 Å². The maximum atomic E-state index is 13.4. The SMILES string of the molecule is CCC1(c2cc(C)c(OCc3ccccc3)c(C)c2)CC(N2CCc3ccccc3NC2=O)CCN1C(=O)OC(=O)O. The Kier molecular flexibility index (Phi) is 8.38. The second-order valence-corrected chi connectivity index (χ2v) is 11.1. The van der Waals surface area contributed by atoms with Gasteiger partial charge >= 0.3 is 18.3 Å². The van der Waals surface area contributed by atoms with E-state index < -0.39 is 17.8 Å². The van der Waals surface area contributed by atoms with Crippen LogP contribution in [0.2, 0.25) is 0 Å². The number of fused-ring (bicyclic) bond motifs is 1. The topological polar surface area (TPSA) is 108 Å². The molecule has 3 aromatic rings. The number of piperidine rings is 1. The van der Waals surface area contributed by atoms with Crippen molar-refractivity contribution in [3.63, 3.8) is 0 Å². The summed E-state index contributed by atoms with van der Waals surface area (Å²) in [5.74, 6) is 0.769. The van der Waals surface area contributed by atoms with Gasteiger partial charge in [-0.1, -0.05) is 67.6 Å². The minimum Gasteiger partial charge on any atom is -0.488 e. The second kappa shape index (κ2) is 12.1. The monoisotopic (exact) mass is 571 g/mol. The van der Waals surface area contributed by atoms with Crippen molar-refractivity contribution < 1.29 is 29.0 Å². The maximum absolute atomic E-state index is 13.4. The van der Waals surface area contributed by atoms with Crippen molar-refractivity contribution >= 4 is 24.0 Å². The molecule has 2 N–H and O–H groups in total. The van der Waals surface area contributed by atoms with Crippen molar-refractivity contribution in [2.24, 2.45) is 0 Å². The van der Waals surface area contributed by atoms with Gasteiger partial charge in [-0.25, -0.2) is 14.4 Å². The largest absolute Gasteiger partial charge is 0.514 e. The number of carbonyl (C=O) groups excluding carboxylic acids is 2. The molecule has 0 bridgehead atoms. The number of rotatable bonds is 6. The van der Waals surface area contributed by atoms with Crippen LogP contribution < -0.4 is 10.1 Å². The standard InChI is InChI=1S/C33H37N3O6/c1-4-33(26-18-22(2)29(23(3)19-26)41-21-24-10-6-5-7-11-24)20-27(15-17-36(33)31(38)42-32(39)40)35-16-14-25-12-8-9-13-28(25)34-30(35)37/h5-13,18-19,27H,4,14-17,20-21H2,1-3H3,(H,34,37)(H,39,40). The van der Waals surface area contributed by atoms with E-state index in [1.165, 1.54) is 4.90 Å². The molecule has 220 valence electrons. The van der Waals surface area contributed by atoms with Crippen molar-refractivity contribution in [1.82, 2.24) is 9.80 Å². The van der Waals surface area contributed by atoms with E-state index in [1.807, 2.05) is 92.4 Å². The maximum Gasteiger partial charge on any atom is 0.514 e. The van der Waals surface area contributed by atoms with Gasteiger partial charge in [-0.05, 0) is 73.4 Å². The molecule has 0 aliphatic carbocycles. The smallest absolute Gasteiger partial charge is 0.488 e. The average Bonchev–Trinajstić information content (AvgIpc) is 3.14. The highest BCUT2D eigenvalue weighted by atomic mass is 16.7. The predicted molar refractivity (Wildman–Crippen MR) is 159 cm³/mol. The molecule has 3 aromatic carbocycles. The Bertz CT molecular complexity index is 1450. The van der Waals surface area contributed by atoms with Gasteiger partial charge in [0.05, 0.1) is 5.54 Å². The van der Waals surface area contributed by atoms with Crippen LogP contribution in [-0.4, -0.2) is 52.3 Å². The van der Waals surface area contributed by atoms with E-state index in [0.717, 1.165) is 39.3 Å². The van der Waals surface area contributed by atoms with Gasteiger partial charge in [0.15, 0.2) is 0 Å². The second-order valence-electron chi connectivity index (χ2n) is 11.1. The number of carboxylic acid groups (broad SMARTS) is 1. The number of nitrogens with one attached hydrogen (secondary N) is 1. The summed E-state index contributed by atoms with van der Waals surface area (Å²) in [5.41, 5.74) is 4.72. The normalized spacial score (nSPS) is 20.3. The number of nitrogens with zero attached hydrogens (tertiary/aromatic N) is 2. The number of para-hydroxylation sites is 1. The Morgan fingerprint density at radius 3 is 2.40 bits per heavy atom. The Morgan fingerprint density at radius 1 is 1.02 bits per heavy atom. The van der Waals surface area contributed by atoms with Crippen LogP contribution in [-0.2, 0) is 23.3 Å². The summed E-state index contributed by atoms with van der Waals surface area (Å²) < 4.78 is 10.9. The molecule has 0 spiro atoms. The molecule has 1 saturated heterocycles. The summed E-state index contributed by atoms with van der Waals surface area (Å²) in [6, 6.07) is 21.4. The van der Waals surface area contributed by atoms with Crippen LogP contribution in [0.4, 0.5) is 20.1 Å². The van der Waals surface area contributed by atoms with Crippen molar-refractivity contribution in [2.75, 3.05) is 18.4 Å². The minimum atomic E-state index is -1.64. The number of carbonyl (C=O) groups is 3. The summed E-state index contributed by atoms with van der Waals surface area (Å²) in [6.45, 7) is 7.13. The molecule has 1 fully saturated rings. The molecular formula is C33H37N3O6. The van der Waals surface area contributed by atoms with E-state index in [4.69, 9.17) is 9.47 Å². The number of hydrogen-bond donors (Lipinski definition) is 2. The lowest BCUT2D eigenvalue weighted by Crippen LogP contribution is -2.59. The van der Waals surface area contributed by atoms with Crippen LogP contribution in [0.5, 0.6) is 5.75 Å². The first-order valence-corrected chi connectivity index (χ1v) is 14.4. The van der Waals surface area contributed by atoms with Crippen LogP contribution in [0.15, 0.2) is 66.7 Å². The number of hydrogen-bond acceptors (Lipinski definition) is 5. The number of likely N-dealkylation sites (tertiary alicyclic amines) is 1. The Labute approximate surface area is 246 Å². The van der Waals surface area contributed by atoms with E-state index in [-0.39, 0.29) is 18.6 Å². The van der Waals surface area contributed by atoms with E-state index in [2.05, 4.69) is 5.32 Å². The zero-order valence-electron chi connectivity index (χ0n) is 24.3. The first-order valence-electron chi connectivity index (χ1n) is 14.4. The van der Waals surface area contributed by atoms with Gasteiger partial charge in [0.25, 0.3) is 0 Å². The van der Waals surface area contributed by atoms with Crippen molar-refractivity contribution in [3.05, 3.63) is 94.5 Å². The summed E-state index contributed by atoms with van der Waals surface area (Å²) in [6.07, 6.45) is -0.413. The fourth-order valence-electron chi connectivity index (χ4n) is 6.48. The van der Waals surface area contributed by atoms with Crippen molar-refractivity contribution in [1.29, 1.82) is 0 Å². The molecule has 2 unspecified atom stereocenters. The Morgan fingerprint density at radius 2 is 1.71 bits per heavy atom. The highest BCUT2D eigenvalue weighted by molar-refractivity contribution is 5.91. The minimum absolute atomic E-state index is 0.173. The predicted octanol–water partition coefficient (Wildman–Crippen LogP) is 6.86. The molecule has 2 atom stereocenters. The molecule has 2 aliphatic rings. The number of benzene rings is 3. The van der Waals surface area contributed by atoms with Gasteiger partial charge in [-0.15, -0.1) is 0 Å². The van der Waals surface area contributed by atoms with Gasteiger partial charge in [0.2, 0.25) is 0 Å². The third-order valence-corrected chi connectivity index (χ3v) is 8.56. The van der Waals surface area contributed by atoms with Gasteiger partial charge in [-0.3, -0.25) is 4.90 Å². The van der Waals surface area contributed by atoms with E-state index in [9.17, 15) is 19.5 Å². The number of amides is 3. The molecule has 42 heavy (non-hydrogen) atoms. The van der Waals surface area contributed by atoms with E-state index >= 15 is 0 Å². The summed E-state index contributed by atoms with van der Waals surface area (Å²) in [5, 5.41) is 12.3. The number of urea groups is 1. The first kappa shape index (κ1) is 29.0. The molecular weight excluding hydrogens is 534 g/mol. The van der Waals surface area contributed by atoms with Crippen LogP contribution in [0.25, 0.3) is 0 Å². The van der Waals surface area contributed by atoms with Crippen LogP contribution in [0.1, 0.15) is 54.0 Å². The molecule has 9 heteroatoms. The molecule has 0 aromatic heterocycles. The number of anilines is 1. The van der Waals surface area contributed by atoms with Crippen molar-refractivity contribution in [2.45, 2.75) is 64.6 Å². The summed E-state index contributed by atoms with van der Waals surface area (Å²) in [4.78, 5) is 41.4. The van der Waals surface area contributed by atoms with Crippen LogP contribution in [0, 0.1) is 13.8 Å². The zero-order chi connectivity index (χ0) is 29.9. The van der Waals surface area contributed by atoms with Gasteiger partial charge in [-0.2, -0.15) is 0 Å². The molecule has 2 heterocycles. The average molecular weight is 572 g/mol. The van der Waals surface area contributed by atoms with Gasteiger partial charge in [0, 0.05) is 24.8 Å². The first-order chi connectivity index (χ1) is 20.2. The summed E-state index contributed by atoms with van der Waals surface area (Å²) in [7, 11) is 0. The fraction of sp³-hybridized carbons (Fsp3) is 0.364. The number of aryl methyl sites for hydroxylation is 2. The molecule has 5 rings (SSSR count). The van der Waals surface area contributed by atoms with Gasteiger partial charge in [0.1, 0.15) is 12.4 Å². The quantitative estimate of drug-likeness (QED) is 0.247. The third kappa shape index (κ3) is 5.77. The van der Waals surface area contributed by atoms with E-state index in [1.54, 1.807) is 0 Å². The molecule has 0 saturated carbocycles. The molecule has 2 aliphatic heterocycles. The van der Waals surface area contributed by atoms with Crippen LogP contribution >= 0.6 is 0 Å². The lowest BCUT2D eigenvalue weighted by atomic mass is 9.75. The zero-order valence-corrected chi connectivity index (χ0v) is 24.3. The van der Waals surface area contributed by atoms with Crippen LogP contribution in [0.3, 0.4) is 0 Å². The Balaban J connectivity index is 1.48. The summed E-state index contributed by atoms with van der Waals surface area (Å²) >= 11 is 0. The Hall–Kier alpha value is -4.53. The number of ether oxygens (including phenoxy) is 2. The lowest BCUT2D eigenvalue weighted by Gasteiger charge is -2.51. The van der Waals surface area contributed by atoms with Gasteiger partial charge < -0.3 is 24.8 Å².